The summed E-state index contributed by atoms with van der Waals surface area (Å²) in [7, 11) is 6.48. The largest absolute Gasteiger partial charge is 0.497 e. The van der Waals surface area contributed by atoms with E-state index >= 15 is 0 Å². The quantitative estimate of drug-likeness (QED) is 0.616. The smallest absolute Gasteiger partial charge is 0.185 e. The Kier molecular flexibility index (Phi) is 6.83. The van der Waals surface area contributed by atoms with Crippen molar-refractivity contribution in [2.75, 3.05) is 28.4 Å². The second-order valence-corrected chi connectivity index (χ2v) is 7.40. The Labute approximate surface area is 177 Å². The highest BCUT2D eigenvalue weighted by atomic mass is 16.5. The van der Waals surface area contributed by atoms with Crippen LogP contribution in [-0.4, -0.2) is 34.2 Å². The van der Waals surface area contributed by atoms with Crippen LogP contribution in [0.3, 0.4) is 0 Å². The zero-order valence-electron chi connectivity index (χ0n) is 18.2. The molecule has 0 radical (unpaired) electrons. The Hall–Kier alpha value is -3.21. The number of methoxy groups -OCH3 is 4. The number of carbonyl (C=O) groups excluding carboxylic acids is 1. The molecule has 0 aromatic heterocycles. The molecule has 5 nitrogen and oxygen atoms in total. The lowest BCUT2D eigenvalue weighted by molar-refractivity contribution is -0.113. The highest BCUT2D eigenvalue weighted by Gasteiger charge is 2.26. The molecule has 3 rings (SSSR count). The average Bonchev–Trinajstić information content (AvgIpc) is 2.76. The van der Waals surface area contributed by atoms with E-state index in [1.54, 1.807) is 28.4 Å². The number of allylic oxidation sites excluding steroid dienone is 2. The molecule has 2 aromatic rings. The standard InChI is InChI=1S/C25H28O5/c1-16-10-19(12-17-14-21(27-2)6-8-23(17)29-4)25(26)20(11-16)13-18-15-22(28-3)7-9-24(18)30-5/h6-9,12-16H,10-11H2,1-5H3/b19-12-,20-13+. The minimum absolute atomic E-state index is 0.0443. The molecule has 0 N–H and O–H groups in total. The topological polar surface area (TPSA) is 54.0 Å². The second-order valence-electron chi connectivity index (χ2n) is 7.40. The van der Waals surface area contributed by atoms with Crippen LogP contribution in [0.2, 0.25) is 0 Å². The van der Waals surface area contributed by atoms with Gasteiger partial charge in [0.15, 0.2) is 5.78 Å². The summed E-state index contributed by atoms with van der Waals surface area (Å²) in [4.78, 5) is 13.3. The van der Waals surface area contributed by atoms with Crippen LogP contribution in [0.1, 0.15) is 30.9 Å². The number of carbonyl (C=O) groups is 1. The Bertz CT molecular complexity index is 910. The van der Waals surface area contributed by atoms with Crippen LogP contribution >= 0.6 is 0 Å². The molecule has 2 aromatic carbocycles. The molecule has 0 amide bonds. The Balaban J connectivity index is 2.02. The molecule has 30 heavy (non-hydrogen) atoms. The third-order valence-corrected chi connectivity index (χ3v) is 5.25. The Morgan fingerprint density at radius 1 is 0.733 bits per heavy atom. The summed E-state index contributed by atoms with van der Waals surface area (Å²) in [6.45, 7) is 2.15. The Morgan fingerprint density at radius 3 is 1.53 bits per heavy atom. The van der Waals surface area contributed by atoms with Gasteiger partial charge in [-0.1, -0.05) is 6.92 Å². The van der Waals surface area contributed by atoms with Gasteiger partial charge in [-0.3, -0.25) is 4.79 Å². The first-order chi connectivity index (χ1) is 14.5. The monoisotopic (exact) mass is 408 g/mol. The van der Waals surface area contributed by atoms with E-state index in [2.05, 4.69) is 6.92 Å². The van der Waals surface area contributed by atoms with E-state index in [-0.39, 0.29) is 5.78 Å². The maximum atomic E-state index is 13.3. The maximum absolute atomic E-state index is 13.3. The van der Waals surface area contributed by atoms with Crippen molar-refractivity contribution < 1.29 is 23.7 Å². The Morgan fingerprint density at radius 2 is 1.17 bits per heavy atom. The maximum Gasteiger partial charge on any atom is 0.185 e. The lowest BCUT2D eigenvalue weighted by atomic mass is 9.80. The first-order valence-electron chi connectivity index (χ1n) is 9.89. The lowest BCUT2D eigenvalue weighted by Gasteiger charge is -2.23. The van der Waals surface area contributed by atoms with Crippen molar-refractivity contribution in [2.24, 2.45) is 5.92 Å². The van der Waals surface area contributed by atoms with E-state index in [1.807, 2.05) is 48.6 Å². The number of hydrogen-bond acceptors (Lipinski definition) is 5. The van der Waals surface area contributed by atoms with Gasteiger partial charge in [0, 0.05) is 22.3 Å². The van der Waals surface area contributed by atoms with Crippen LogP contribution in [-0.2, 0) is 4.79 Å². The number of ether oxygens (including phenoxy) is 4. The van der Waals surface area contributed by atoms with Gasteiger partial charge in [0.1, 0.15) is 23.0 Å². The van der Waals surface area contributed by atoms with Gasteiger partial charge >= 0.3 is 0 Å². The summed E-state index contributed by atoms with van der Waals surface area (Å²) >= 11 is 0. The molecular formula is C25H28O5. The molecule has 1 saturated carbocycles. The number of hydrogen-bond donors (Lipinski definition) is 0. The highest BCUT2D eigenvalue weighted by molar-refractivity contribution is 6.14. The average molecular weight is 408 g/mol. The summed E-state index contributed by atoms with van der Waals surface area (Å²) in [5, 5.41) is 0. The number of Topliss-reactive ketones (excluding diaryl/α,β-unsaturated/α-hetero) is 1. The molecule has 1 aliphatic rings. The molecule has 5 heteroatoms. The fourth-order valence-electron chi connectivity index (χ4n) is 3.74. The van der Waals surface area contributed by atoms with Gasteiger partial charge < -0.3 is 18.9 Å². The molecule has 1 fully saturated rings. The normalized spacial score (nSPS) is 19.1. The van der Waals surface area contributed by atoms with Crippen molar-refractivity contribution in [3.63, 3.8) is 0 Å². The van der Waals surface area contributed by atoms with E-state index in [1.165, 1.54) is 0 Å². The van der Waals surface area contributed by atoms with Crippen LogP contribution in [0, 0.1) is 5.92 Å². The van der Waals surface area contributed by atoms with Crippen LogP contribution in [0.15, 0.2) is 47.5 Å². The van der Waals surface area contributed by atoms with E-state index < -0.39 is 0 Å². The second kappa shape index (κ2) is 9.53. The minimum atomic E-state index is 0.0443. The third kappa shape index (κ3) is 4.67. The van der Waals surface area contributed by atoms with Gasteiger partial charge in [0.25, 0.3) is 0 Å². The van der Waals surface area contributed by atoms with Gasteiger partial charge in [-0.25, -0.2) is 0 Å². The van der Waals surface area contributed by atoms with E-state index in [9.17, 15) is 4.79 Å². The van der Waals surface area contributed by atoms with Crippen molar-refractivity contribution in [3.8, 4) is 23.0 Å². The summed E-state index contributed by atoms with van der Waals surface area (Å²) in [6.07, 6.45) is 5.25. The summed E-state index contributed by atoms with van der Waals surface area (Å²) in [5.41, 5.74) is 3.17. The van der Waals surface area contributed by atoms with Crippen LogP contribution in [0.25, 0.3) is 12.2 Å². The minimum Gasteiger partial charge on any atom is -0.497 e. The first-order valence-corrected chi connectivity index (χ1v) is 9.89. The van der Waals surface area contributed by atoms with E-state index in [0.717, 1.165) is 33.8 Å². The van der Waals surface area contributed by atoms with Gasteiger partial charge in [0.05, 0.1) is 28.4 Å². The predicted molar refractivity (Wildman–Crippen MR) is 118 cm³/mol. The lowest BCUT2D eigenvalue weighted by Crippen LogP contribution is -2.18. The number of ketones is 1. The van der Waals surface area contributed by atoms with Gasteiger partial charge in [-0.15, -0.1) is 0 Å². The summed E-state index contributed by atoms with van der Waals surface area (Å²) in [6, 6.07) is 11.1. The molecule has 0 saturated heterocycles. The van der Waals surface area contributed by atoms with Gasteiger partial charge in [-0.2, -0.15) is 0 Å². The molecule has 158 valence electrons. The van der Waals surface area contributed by atoms with Crippen molar-refractivity contribution in [1.29, 1.82) is 0 Å². The molecule has 0 heterocycles. The van der Waals surface area contributed by atoms with Crippen LogP contribution in [0.4, 0.5) is 0 Å². The zero-order chi connectivity index (χ0) is 21.7. The van der Waals surface area contributed by atoms with E-state index in [4.69, 9.17) is 18.9 Å². The summed E-state index contributed by atoms with van der Waals surface area (Å²) in [5.74, 6) is 3.23. The molecule has 0 bridgehead atoms. The molecule has 1 aliphatic carbocycles. The molecular weight excluding hydrogens is 380 g/mol. The number of benzene rings is 2. The van der Waals surface area contributed by atoms with Crippen molar-refractivity contribution in [1.82, 2.24) is 0 Å². The fourth-order valence-corrected chi connectivity index (χ4v) is 3.74. The van der Waals surface area contributed by atoms with Gasteiger partial charge in [0.2, 0.25) is 0 Å². The molecule has 1 unspecified atom stereocenters. The first kappa shape index (κ1) is 21.5. The fraction of sp³-hybridized carbons (Fsp3) is 0.320. The number of rotatable bonds is 6. The van der Waals surface area contributed by atoms with Crippen molar-refractivity contribution in [2.45, 2.75) is 19.8 Å². The summed E-state index contributed by atoms with van der Waals surface area (Å²) < 4.78 is 21.6. The van der Waals surface area contributed by atoms with Crippen LogP contribution in [0.5, 0.6) is 23.0 Å². The van der Waals surface area contributed by atoms with Crippen molar-refractivity contribution >= 4 is 17.9 Å². The highest BCUT2D eigenvalue weighted by Crippen LogP contribution is 2.36. The predicted octanol–water partition coefficient (Wildman–Crippen LogP) is 5.19. The van der Waals surface area contributed by atoms with Gasteiger partial charge in [-0.05, 0) is 67.3 Å². The zero-order valence-corrected chi connectivity index (χ0v) is 18.2. The third-order valence-electron chi connectivity index (χ3n) is 5.25. The van der Waals surface area contributed by atoms with E-state index in [0.29, 0.717) is 30.3 Å². The molecule has 0 spiro atoms. The molecule has 0 aliphatic heterocycles. The van der Waals surface area contributed by atoms with Crippen LogP contribution < -0.4 is 18.9 Å². The SMILES string of the molecule is COc1ccc(OC)c(/C=C2/CC(C)C/C(=C\c3cc(OC)ccc3OC)C2=O)c1. The molecule has 1 atom stereocenters. The van der Waals surface area contributed by atoms with Crippen molar-refractivity contribution in [3.05, 3.63) is 58.7 Å².